The Kier molecular flexibility index (Phi) is 4.58. The molecule has 3 nitrogen and oxygen atoms in total. The van der Waals surface area contributed by atoms with E-state index in [0.29, 0.717) is 6.61 Å². The molecule has 1 saturated heterocycles. The van der Waals surface area contributed by atoms with Gasteiger partial charge in [-0.15, -0.1) is 0 Å². The maximum absolute atomic E-state index is 6.20. The van der Waals surface area contributed by atoms with Crippen LogP contribution < -0.4 is 5.32 Å². The molecule has 0 bridgehead atoms. The monoisotopic (exact) mass is 292 g/mol. The van der Waals surface area contributed by atoms with E-state index in [1.807, 2.05) is 18.2 Å². The van der Waals surface area contributed by atoms with Crippen LogP contribution in [0.5, 0.6) is 0 Å². The molecule has 1 aromatic rings. The van der Waals surface area contributed by atoms with Gasteiger partial charge in [0.2, 0.25) is 0 Å². The zero-order valence-electron chi connectivity index (χ0n) is 11.6. The molecule has 3 rings (SSSR count). The normalized spacial score (nSPS) is 23.4. The maximum Gasteiger partial charge on any atom is 0.183 e. The number of halogens is 1. The van der Waals surface area contributed by atoms with Gasteiger partial charge in [-0.1, -0.05) is 29.8 Å². The van der Waals surface area contributed by atoms with Crippen LogP contribution in [-0.2, 0) is 11.2 Å². The summed E-state index contributed by atoms with van der Waals surface area (Å²) in [5, 5.41) is 4.22. The minimum Gasteiger partial charge on any atom is -0.479 e. The molecule has 2 aliphatic rings. The summed E-state index contributed by atoms with van der Waals surface area (Å²) >= 11 is 6.20. The lowest BCUT2D eigenvalue weighted by Gasteiger charge is -2.21. The van der Waals surface area contributed by atoms with Crippen LogP contribution in [0, 0.1) is 5.92 Å². The van der Waals surface area contributed by atoms with Crippen molar-refractivity contribution in [2.75, 3.05) is 19.7 Å². The summed E-state index contributed by atoms with van der Waals surface area (Å²) in [5.41, 5.74) is 1.16. The van der Waals surface area contributed by atoms with Crippen molar-refractivity contribution >= 4 is 17.5 Å². The zero-order valence-corrected chi connectivity index (χ0v) is 12.4. The third-order valence-corrected chi connectivity index (χ3v) is 4.47. The average Bonchev–Trinajstić information content (AvgIpc) is 2.90. The van der Waals surface area contributed by atoms with Crippen LogP contribution in [0.3, 0.4) is 0 Å². The van der Waals surface area contributed by atoms with E-state index in [9.17, 15) is 0 Å². The Balaban J connectivity index is 1.56. The van der Waals surface area contributed by atoms with Crippen LogP contribution in [0.1, 0.15) is 24.8 Å². The summed E-state index contributed by atoms with van der Waals surface area (Å²) < 4.78 is 5.77. The summed E-state index contributed by atoms with van der Waals surface area (Å²) in [5.74, 6) is 1.68. The first-order chi connectivity index (χ1) is 9.81. The maximum atomic E-state index is 6.20. The van der Waals surface area contributed by atoms with Crippen molar-refractivity contribution in [3.8, 4) is 0 Å². The van der Waals surface area contributed by atoms with E-state index in [0.717, 1.165) is 48.3 Å². The van der Waals surface area contributed by atoms with E-state index in [-0.39, 0.29) is 6.04 Å². The third-order valence-electron chi connectivity index (χ3n) is 4.10. The highest BCUT2D eigenvalue weighted by Gasteiger charge is 2.23. The van der Waals surface area contributed by atoms with Crippen LogP contribution in [0.2, 0.25) is 5.02 Å². The minimum atomic E-state index is 0.228. The van der Waals surface area contributed by atoms with E-state index in [1.54, 1.807) is 0 Å². The minimum absolute atomic E-state index is 0.228. The predicted octanol–water partition coefficient (Wildman–Crippen LogP) is 3.07. The standard InChI is InChI=1S/C16H21ClN2O/c17-15-4-2-1-3-13(15)10-14-11-20-16(19-14)9-12-5-7-18-8-6-12/h1-4,12,14,18H,5-11H2. The predicted molar refractivity (Wildman–Crippen MR) is 82.5 cm³/mol. The second-order valence-corrected chi connectivity index (χ2v) is 6.09. The fourth-order valence-electron chi connectivity index (χ4n) is 2.94. The SMILES string of the molecule is Clc1ccccc1CC1COC(CC2CCNCC2)=N1. The molecular weight excluding hydrogens is 272 g/mol. The quantitative estimate of drug-likeness (QED) is 0.925. The molecule has 1 unspecified atom stereocenters. The molecule has 1 aromatic carbocycles. The smallest absolute Gasteiger partial charge is 0.183 e. The van der Waals surface area contributed by atoms with E-state index >= 15 is 0 Å². The number of rotatable bonds is 4. The van der Waals surface area contributed by atoms with Gasteiger partial charge in [-0.3, -0.25) is 0 Å². The van der Waals surface area contributed by atoms with Gasteiger partial charge in [0.25, 0.3) is 0 Å². The van der Waals surface area contributed by atoms with Crippen LogP contribution >= 0.6 is 11.6 Å². The topological polar surface area (TPSA) is 33.6 Å². The highest BCUT2D eigenvalue weighted by molar-refractivity contribution is 6.31. The molecule has 20 heavy (non-hydrogen) atoms. The Labute approximate surface area is 125 Å². The molecule has 0 saturated carbocycles. The molecule has 2 aliphatic heterocycles. The first kappa shape index (κ1) is 13.9. The van der Waals surface area contributed by atoms with Crippen molar-refractivity contribution in [1.82, 2.24) is 5.32 Å². The Morgan fingerprint density at radius 2 is 2.00 bits per heavy atom. The van der Waals surface area contributed by atoms with Crippen LogP contribution in [0.25, 0.3) is 0 Å². The van der Waals surface area contributed by atoms with Gasteiger partial charge >= 0.3 is 0 Å². The van der Waals surface area contributed by atoms with Crippen LogP contribution in [0.4, 0.5) is 0 Å². The lowest BCUT2D eigenvalue weighted by Crippen LogP contribution is -2.28. The lowest BCUT2D eigenvalue weighted by atomic mass is 9.95. The molecule has 0 aromatic heterocycles. The van der Waals surface area contributed by atoms with Gasteiger partial charge in [-0.25, -0.2) is 4.99 Å². The number of piperidine rings is 1. The van der Waals surface area contributed by atoms with Crippen LogP contribution in [-0.4, -0.2) is 31.6 Å². The van der Waals surface area contributed by atoms with Crippen molar-refractivity contribution in [2.45, 2.75) is 31.7 Å². The lowest BCUT2D eigenvalue weighted by molar-refractivity contribution is 0.292. The van der Waals surface area contributed by atoms with Gasteiger partial charge in [-0.05, 0) is 49.9 Å². The van der Waals surface area contributed by atoms with Gasteiger partial charge in [-0.2, -0.15) is 0 Å². The number of hydrogen-bond acceptors (Lipinski definition) is 3. The zero-order chi connectivity index (χ0) is 13.8. The van der Waals surface area contributed by atoms with Crippen molar-refractivity contribution < 1.29 is 4.74 Å². The van der Waals surface area contributed by atoms with Crippen LogP contribution in [0.15, 0.2) is 29.3 Å². The highest BCUT2D eigenvalue weighted by Crippen LogP contribution is 2.23. The Morgan fingerprint density at radius 3 is 2.80 bits per heavy atom. The number of nitrogens with one attached hydrogen (secondary N) is 1. The summed E-state index contributed by atoms with van der Waals surface area (Å²) in [4.78, 5) is 4.73. The second kappa shape index (κ2) is 6.59. The average molecular weight is 293 g/mol. The Bertz CT molecular complexity index is 483. The number of aliphatic imine (C=N–C) groups is 1. The summed E-state index contributed by atoms with van der Waals surface area (Å²) in [7, 11) is 0. The van der Waals surface area contributed by atoms with Gasteiger partial charge < -0.3 is 10.1 Å². The van der Waals surface area contributed by atoms with Gasteiger partial charge in [0.05, 0.1) is 6.04 Å². The number of hydrogen-bond donors (Lipinski definition) is 1. The first-order valence-corrected chi connectivity index (χ1v) is 7.82. The van der Waals surface area contributed by atoms with E-state index < -0.39 is 0 Å². The molecule has 108 valence electrons. The van der Waals surface area contributed by atoms with Crippen molar-refractivity contribution in [3.05, 3.63) is 34.9 Å². The number of nitrogens with zero attached hydrogens (tertiary/aromatic N) is 1. The van der Waals surface area contributed by atoms with Crippen molar-refractivity contribution in [3.63, 3.8) is 0 Å². The molecule has 0 amide bonds. The number of benzene rings is 1. The summed E-state index contributed by atoms with van der Waals surface area (Å²) in [6.07, 6.45) is 4.34. The molecule has 4 heteroatoms. The van der Waals surface area contributed by atoms with Gasteiger partial charge in [0.1, 0.15) is 6.61 Å². The van der Waals surface area contributed by atoms with Crippen molar-refractivity contribution in [2.24, 2.45) is 10.9 Å². The molecule has 2 heterocycles. The number of ether oxygens (including phenoxy) is 1. The Morgan fingerprint density at radius 1 is 1.20 bits per heavy atom. The molecule has 1 fully saturated rings. The Hall–Kier alpha value is -1.06. The summed E-state index contributed by atoms with van der Waals surface area (Å²) in [6, 6.07) is 8.22. The first-order valence-electron chi connectivity index (χ1n) is 7.45. The second-order valence-electron chi connectivity index (χ2n) is 5.68. The van der Waals surface area contributed by atoms with E-state index in [2.05, 4.69) is 11.4 Å². The van der Waals surface area contributed by atoms with Gasteiger partial charge in [0, 0.05) is 11.4 Å². The molecular formula is C16H21ClN2O. The third kappa shape index (κ3) is 3.53. The molecule has 0 aliphatic carbocycles. The fraction of sp³-hybridized carbons (Fsp3) is 0.562. The van der Waals surface area contributed by atoms with E-state index in [1.165, 1.54) is 12.8 Å². The fourth-order valence-corrected chi connectivity index (χ4v) is 3.15. The largest absolute Gasteiger partial charge is 0.479 e. The van der Waals surface area contributed by atoms with Gasteiger partial charge in [0.15, 0.2) is 5.90 Å². The molecule has 0 spiro atoms. The molecule has 0 radical (unpaired) electrons. The summed E-state index contributed by atoms with van der Waals surface area (Å²) in [6.45, 7) is 2.95. The van der Waals surface area contributed by atoms with Crippen molar-refractivity contribution in [1.29, 1.82) is 0 Å². The van der Waals surface area contributed by atoms with E-state index in [4.69, 9.17) is 21.3 Å². The highest BCUT2D eigenvalue weighted by atomic mass is 35.5. The molecule has 1 N–H and O–H groups in total. The molecule has 1 atom stereocenters.